The zero-order chi connectivity index (χ0) is 26.0. The van der Waals surface area contributed by atoms with Crippen LogP contribution in [0.25, 0.3) is 23.0 Å². The molecule has 0 spiro atoms. The van der Waals surface area contributed by atoms with E-state index in [-0.39, 0.29) is 41.2 Å². The van der Waals surface area contributed by atoms with Crippen molar-refractivity contribution >= 4 is 5.91 Å². The van der Waals surface area contributed by atoms with E-state index in [1.54, 1.807) is 24.3 Å². The highest BCUT2D eigenvalue weighted by atomic mass is 19.4. The number of halogens is 3. The molecule has 4 aromatic rings. The largest absolute Gasteiger partial charge is 0.573 e. The molecule has 2 aromatic carbocycles. The van der Waals surface area contributed by atoms with Crippen molar-refractivity contribution in [2.75, 3.05) is 13.2 Å². The number of rotatable bonds is 6. The summed E-state index contributed by atoms with van der Waals surface area (Å²) in [6, 6.07) is 14.5. The van der Waals surface area contributed by atoms with Crippen molar-refractivity contribution in [1.82, 2.24) is 25.0 Å². The summed E-state index contributed by atoms with van der Waals surface area (Å²) in [7, 11) is 0. The third-order valence-corrected chi connectivity index (χ3v) is 5.34. The molecule has 0 bridgehead atoms. The minimum Gasteiger partial charge on any atom is -0.406 e. The lowest BCUT2D eigenvalue weighted by molar-refractivity contribution is -0.274. The average molecular weight is 513 g/mol. The Bertz CT molecular complexity index is 1480. The maximum Gasteiger partial charge on any atom is 0.573 e. The van der Waals surface area contributed by atoms with E-state index in [0.717, 1.165) is 18.6 Å². The highest BCUT2D eigenvalue weighted by Gasteiger charge is 2.31. The number of alkyl halides is 3. The van der Waals surface area contributed by atoms with Crippen LogP contribution in [0.5, 0.6) is 5.75 Å². The molecule has 0 radical (unpaired) electrons. The molecule has 1 aliphatic heterocycles. The summed E-state index contributed by atoms with van der Waals surface area (Å²) in [4.78, 5) is 34.6. The van der Waals surface area contributed by atoms with Gasteiger partial charge in [-0.15, -0.1) is 13.2 Å². The molecular formula is C24H18F3N5O5. The fourth-order valence-corrected chi connectivity index (χ4v) is 3.65. The van der Waals surface area contributed by atoms with Gasteiger partial charge in [-0.25, -0.2) is 9.75 Å². The lowest BCUT2D eigenvalue weighted by atomic mass is 10.1. The molecular weight excluding hydrogens is 495 g/mol. The van der Waals surface area contributed by atoms with Crippen molar-refractivity contribution in [3.05, 3.63) is 82.1 Å². The number of hydrogen-bond acceptors (Lipinski definition) is 8. The lowest BCUT2D eigenvalue weighted by Gasteiger charge is -2.14. The molecule has 5 rings (SSSR count). The van der Waals surface area contributed by atoms with Crippen LogP contribution in [0.4, 0.5) is 13.2 Å². The summed E-state index contributed by atoms with van der Waals surface area (Å²) in [5.41, 5.74) is 1.32. The van der Waals surface area contributed by atoms with Gasteiger partial charge >= 0.3 is 6.36 Å². The van der Waals surface area contributed by atoms with Crippen LogP contribution in [0.2, 0.25) is 0 Å². The van der Waals surface area contributed by atoms with E-state index in [2.05, 4.69) is 20.0 Å². The Balaban J connectivity index is 1.34. The van der Waals surface area contributed by atoms with Crippen LogP contribution in [0.1, 0.15) is 22.3 Å². The topological polar surface area (TPSA) is 113 Å². The number of aromatic nitrogens is 4. The molecule has 37 heavy (non-hydrogen) atoms. The molecule has 1 fully saturated rings. The van der Waals surface area contributed by atoms with Gasteiger partial charge in [0.05, 0.1) is 19.7 Å². The average Bonchev–Trinajstić information content (AvgIpc) is 3.58. The van der Waals surface area contributed by atoms with Gasteiger partial charge in [-0.05, 0) is 54.4 Å². The van der Waals surface area contributed by atoms with Crippen molar-refractivity contribution < 1.29 is 32.1 Å². The Morgan fingerprint density at radius 2 is 1.89 bits per heavy atom. The predicted molar refractivity (Wildman–Crippen MR) is 121 cm³/mol. The minimum absolute atomic E-state index is 0.00878. The zero-order valence-corrected chi connectivity index (χ0v) is 19.0. The number of amides is 1. The van der Waals surface area contributed by atoms with Gasteiger partial charge in [0, 0.05) is 17.2 Å². The molecule has 190 valence electrons. The smallest absolute Gasteiger partial charge is 0.406 e. The molecule has 0 saturated carbocycles. The maximum absolute atomic E-state index is 12.6. The van der Waals surface area contributed by atoms with Crippen LogP contribution in [0.15, 0.2) is 70.0 Å². The normalized spacial score (nSPS) is 13.6. The number of carbonyl (C=O) groups is 1. The van der Waals surface area contributed by atoms with Crippen molar-refractivity contribution in [3.63, 3.8) is 0 Å². The molecule has 3 heterocycles. The summed E-state index contributed by atoms with van der Waals surface area (Å²) in [5.74, 6) is -0.518. The molecule has 0 unspecified atom stereocenters. The molecule has 1 amide bonds. The Labute approximate surface area is 206 Å². The monoisotopic (exact) mass is 513 g/mol. The van der Waals surface area contributed by atoms with Crippen LogP contribution < -0.4 is 10.3 Å². The number of nitrogens with zero attached hydrogens (tertiary/aromatic N) is 5. The van der Waals surface area contributed by atoms with Gasteiger partial charge in [-0.2, -0.15) is 10.1 Å². The van der Waals surface area contributed by atoms with E-state index in [1.807, 2.05) is 0 Å². The maximum atomic E-state index is 12.6. The molecule has 13 heteroatoms. The summed E-state index contributed by atoms with van der Waals surface area (Å²) < 4.78 is 47.4. The summed E-state index contributed by atoms with van der Waals surface area (Å²) >= 11 is 0. The summed E-state index contributed by atoms with van der Waals surface area (Å²) in [6.07, 6.45) is -4.03. The van der Waals surface area contributed by atoms with Crippen molar-refractivity contribution in [2.45, 2.75) is 19.3 Å². The van der Waals surface area contributed by atoms with Crippen LogP contribution in [0.3, 0.4) is 0 Å². The second-order valence-electron chi connectivity index (χ2n) is 8.00. The van der Waals surface area contributed by atoms with Crippen molar-refractivity contribution in [1.29, 1.82) is 0 Å². The zero-order valence-electron chi connectivity index (χ0n) is 19.0. The summed E-state index contributed by atoms with van der Waals surface area (Å²) in [6.45, 7) is 1.09. The fourth-order valence-electron chi connectivity index (χ4n) is 3.65. The van der Waals surface area contributed by atoms with Crippen LogP contribution in [-0.4, -0.2) is 50.4 Å². The van der Waals surface area contributed by atoms with Crippen molar-refractivity contribution in [2.24, 2.45) is 0 Å². The number of hydrogen-bond donors (Lipinski definition) is 0. The Morgan fingerprint density at radius 3 is 2.62 bits per heavy atom. The van der Waals surface area contributed by atoms with E-state index in [1.165, 1.54) is 34.0 Å². The molecule has 10 nitrogen and oxygen atoms in total. The van der Waals surface area contributed by atoms with E-state index >= 15 is 0 Å². The quantitative estimate of drug-likeness (QED) is 0.384. The van der Waals surface area contributed by atoms with Gasteiger partial charge in [0.15, 0.2) is 0 Å². The lowest BCUT2D eigenvalue weighted by Crippen LogP contribution is -2.27. The molecule has 0 N–H and O–H groups in total. The van der Waals surface area contributed by atoms with Gasteiger partial charge in [0.1, 0.15) is 11.4 Å². The van der Waals surface area contributed by atoms with Crippen LogP contribution in [0, 0.1) is 0 Å². The fraction of sp³-hybridized carbons (Fsp3) is 0.208. The number of carbonyl (C=O) groups excluding carboxylic acids is 1. The Kier molecular flexibility index (Phi) is 6.44. The highest BCUT2D eigenvalue weighted by molar-refractivity contribution is 5.93. The molecule has 1 saturated heterocycles. The first kappa shape index (κ1) is 24.2. The van der Waals surface area contributed by atoms with Crippen LogP contribution >= 0.6 is 0 Å². The Morgan fingerprint density at radius 1 is 1.08 bits per heavy atom. The first-order valence-electron chi connectivity index (χ1n) is 11.1. The standard InChI is InChI=1S/C24H18F3N5O5/c25-24(26,27)36-18-7-5-16(6-8-18)21-28-22(37-30-21)19-9-10-20(33)31(29-19)14-15-3-1-4-17(13-15)23(34)32-11-2-12-35-32/h1,3-10,13H,2,11-12,14H2. The van der Waals surface area contributed by atoms with E-state index in [0.29, 0.717) is 29.8 Å². The van der Waals surface area contributed by atoms with Crippen LogP contribution in [-0.2, 0) is 11.4 Å². The van der Waals surface area contributed by atoms with E-state index in [4.69, 9.17) is 9.36 Å². The second-order valence-corrected chi connectivity index (χ2v) is 8.00. The first-order valence-corrected chi connectivity index (χ1v) is 11.1. The van der Waals surface area contributed by atoms with Gasteiger partial charge in [-0.1, -0.05) is 17.3 Å². The van der Waals surface area contributed by atoms with Crippen molar-refractivity contribution in [3.8, 4) is 28.7 Å². The molecule has 0 aliphatic carbocycles. The molecule has 2 aromatic heterocycles. The second kappa shape index (κ2) is 9.85. The number of ether oxygens (including phenoxy) is 1. The SMILES string of the molecule is O=C(c1cccc(Cn2nc(-c3nc(-c4ccc(OC(F)(F)F)cc4)no3)ccc2=O)c1)N1CCCO1. The molecule has 1 aliphatic rings. The highest BCUT2D eigenvalue weighted by Crippen LogP contribution is 2.26. The minimum atomic E-state index is -4.80. The first-order chi connectivity index (χ1) is 17.7. The third-order valence-electron chi connectivity index (χ3n) is 5.34. The molecule has 0 atom stereocenters. The third kappa shape index (κ3) is 5.67. The van der Waals surface area contributed by atoms with Gasteiger partial charge in [0.2, 0.25) is 5.82 Å². The van der Waals surface area contributed by atoms with E-state index in [9.17, 15) is 22.8 Å². The number of benzene rings is 2. The van der Waals surface area contributed by atoms with Gasteiger partial charge in [0.25, 0.3) is 17.4 Å². The Hall–Kier alpha value is -4.52. The predicted octanol–water partition coefficient (Wildman–Crippen LogP) is 3.68. The summed E-state index contributed by atoms with van der Waals surface area (Å²) in [5, 5.41) is 9.45. The van der Waals surface area contributed by atoms with Gasteiger partial charge in [-0.3, -0.25) is 14.4 Å². The number of hydroxylamine groups is 2. The van der Waals surface area contributed by atoms with E-state index < -0.39 is 6.36 Å². The van der Waals surface area contributed by atoms with Gasteiger partial charge < -0.3 is 9.26 Å².